The highest BCUT2D eigenvalue weighted by molar-refractivity contribution is 5.86. The Bertz CT molecular complexity index is 725. The van der Waals surface area contributed by atoms with E-state index in [1.54, 1.807) is 18.2 Å². The molecule has 0 saturated heterocycles. The van der Waals surface area contributed by atoms with Gasteiger partial charge >= 0.3 is 5.97 Å². The van der Waals surface area contributed by atoms with E-state index in [0.717, 1.165) is 24.2 Å². The molecular weight excluding hydrogens is 326 g/mol. The molecule has 2 rings (SSSR count). The summed E-state index contributed by atoms with van der Waals surface area (Å²) in [6, 6.07) is 14.6. The van der Waals surface area contributed by atoms with Gasteiger partial charge in [0.2, 0.25) is 5.60 Å². The molecule has 2 aromatic carbocycles. The molecule has 140 valence electrons. The van der Waals surface area contributed by atoms with Crippen molar-refractivity contribution in [3.05, 3.63) is 70.8 Å². The molecule has 0 heterocycles. The van der Waals surface area contributed by atoms with Gasteiger partial charge in [-0.05, 0) is 43.6 Å². The van der Waals surface area contributed by atoms with Crippen LogP contribution in [-0.4, -0.2) is 42.2 Å². The number of hydrogen-bond acceptors (Lipinski definition) is 4. The third-order valence-electron chi connectivity index (χ3n) is 5.02. The summed E-state index contributed by atoms with van der Waals surface area (Å²) in [4.78, 5) is 15.2. The minimum absolute atomic E-state index is 0.251. The smallest absolute Gasteiger partial charge is 0.347 e. The normalized spacial score (nSPS) is 13.5. The molecule has 0 fully saturated rings. The first-order valence-corrected chi connectivity index (χ1v) is 9.19. The summed E-state index contributed by atoms with van der Waals surface area (Å²) in [7, 11) is 0. The molecular formula is C22H29NO3. The molecule has 1 atom stereocenters. The number of hydrogen-bond donors (Lipinski definition) is 1. The SMILES string of the molecule is CCN(CC)CCOC(=O)[C@](O)(c1ccccc1)c1cccc(C)c1C. The van der Waals surface area contributed by atoms with Crippen molar-refractivity contribution in [2.24, 2.45) is 0 Å². The van der Waals surface area contributed by atoms with Crippen molar-refractivity contribution in [2.75, 3.05) is 26.2 Å². The number of ether oxygens (including phenoxy) is 1. The highest BCUT2D eigenvalue weighted by Crippen LogP contribution is 2.34. The first-order valence-electron chi connectivity index (χ1n) is 9.19. The Labute approximate surface area is 156 Å². The third-order valence-corrected chi connectivity index (χ3v) is 5.02. The molecule has 4 nitrogen and oxygen atoms in total. The van der Waals surface area contributed by atoms with E-state index in [1.165, 1.54) is 0 Å². The molecule has 0 spiro atoms. The number of aliphatic hydroxyl groups is 1. The van der Waals surface area contributed by atoms with E-state index in [1.807, 2.05) is 44.2 Å². The quantitative estimate of drug-likeness (QED) is 0.737. The highest BCUT2D eigenvalue weighted by atomic mass is 16.5. The Morgan fingerprint density at radius 2 is 1.69 bits per heavy atom. The lowest BCUT2D eigenvalue weighted by molar-refractivity contribution is -0.162. The fourth-order valence-electron chi connectivity index (χ4n) is 3.12. The maximum Gasteiger partial charge on any atom is 0.347 e. The minimum Gasteiger partial charge on any atom is -0.462 e. The van der Waals surface area contributed by atoms with Crippen molar-refractivity contribution < 1.29 is 14.6 Å². The molecule has 0 aliphatic carbocycles. The third kappa shape index (κ3) is 4.14. The molecule has 2 aromatic rings. The summed E-state index contributed by atoms with van der Waals surface area (Å²) in [6.07, 6.45) is 0. The van der Waals surface area contributed by atoms with Crippen LogP contribution in [0, 0.1) is 13.8 Å². The van der Waals surface area contributed by atoms with Gasteiger partial charge in [0.25, 0.3) is 0 Å². The molecule has 0 radical (unpaired) electrons. The van der Waals surface area contributed by atoms with E-state index in [4.69, 9.17) is 4.74 Å². The van der Waals surface area contributed by atoms with Gasteiger partial charge in [-0.1, -0.05) is 62.4 Å². The molecule has 0 amide bonds. The summed E-state index contributed by atoms with van der Waals surface area (Å²) in [5.74, 6) is -0.635. The second-order valence-corrected chi connectivity index (χ2v) is 6.49. The van der Waals surface area contributed by atoms with Crippen LogP contribution in [0.15, 0.2) is 48.5 Å². The van der Waals surface area contributed by atoms with E-state index in [2.05, 4.69) is 18.7 Å². The van der Waals surface area contributed by atoms with Gasteiger partial charge in [-0.2, -0.15) is 0 Å². The summed E-state index contributed by atoms with van der Waals surface area (Å²) in [5, 5.41) is 11.5. The number of nitrogens with zero attached hydrogens (tertiary/aromatic N) is 1. The number of carbonyl (C=O) groups excluding carboxylic acids is 1. The van der Waals surface area contributed by atoms with Gasteiger partial charge in [0.1, 0.15) is 6.61 Å². The van der Waals surface area contributed by atoms with Gasteiger partial charge in [-0.25, -0.2) is 4.79 Å². The zero-order valence-corrected chi connectivity index (χ0v) is 16.2. The standard InChI is InChI=1S/C22H29NO3/c1-5-23(6-2)15-16-26-21(24)22(25,19-12-8-7-9-13-19)20-14-10-11-17(3)18(20)4/h7-14,25H,5-6,15-16H2,1-4H3/t22-/m0/s1. The van der Waals surface area contributed by atoms with E-state index in [0.29, 0.717) is 17.7 Å². The first-order chi connectivity index (χ1) is 12.4. The van der Waals surface area contributed by atoms with Crippen LogP contribution in [0.3, 0.4) is 0 Å². The van der Waals surface area contributed by atoms with Crippen molar-refractivity contribution in [1.29, 1.82) is 0 Å². The molecule has 0 unspecified atom stereocenters. The molecule has 4 heteroatoms. The fourth-order valence-corrected chi connectivity index (χ4v) is 3.12. The van der Waals surface area contributed by atoms with Gasteiger partial charge < -0.3 is 14.7 Å². The average molecular weight is 355 g/mol. The molecule has 26 heavy (non-hydrogen) atoms. The average Bonchev–Trinajstić information content (AvgIpc) is 2.67. The van der Waals surface area contributed by atoms with Gasteiger partial charge in [0.15, 0.2) is 0 Å². The van der Waals surface area contributed by atoms with Gasteiger partial charge in [0.05, 0.1) is 0 Å². The zero-order valence-electron chi connectivity index (χ0n) is 16.2. The fraction of sp³-hybridized carbons (Fsp3) is 0.409. The van der Waals surface area contributed by atoms with Crippen molar-refractivity contribution in [2.45, 2.75) is 33.3 Å². The molecule has 0 aliphatic heterocycles. The largest absolute Gasteiger partial charge is 0.462 e. The first kappa shape index (κ1) is 20.1. The summed E-state index contributed by atoms with van der Waals surface area (Å²) >= 11 is 0. The van der Waals surface area contributed by atoms with E-state index >= 15 is 0 Å². The predicted molar refractivity (Wildman–Crippen MR) is 104 cm³/mol. The second-order valence-electron chi connectivity index (χ2n) is 6.49. The second kappa shape index (κ2) is 8.97. The van der Waals surface area contributed by atoms with Crippen LogP contribution < -0.4 is 0 Å². The number of carbonyl (C=O) groups is 1. The van der Waals surface area contributed by atoms with Gasteiger partial charge in [-0.3, -0.25) is 0 Å². The van der Waals surface area contributed by atoms with Crippen molar-refractivity contribution in [3.63, 3.8) is 0 Å². The zero-order chi connectivity index (χ0) is 19.2. The maximum atomic E-state index is 13.0. The van der Waals surface area contributed by atoms with Crippen LogP contribution in [-0.2, 0) is 15.1 Å². The van der Waals surface area contributed by atoms with E-state index in [-0.39, 0.29) is 6.61 Å². The maximum absolute atomic E-state index is 13.0. The van der Waals surface area contributed by atoms with Gasteiger partial charge in [0, 0.05) is 12.1 Å². The monoisotopic (exact) mass is 355 g/mol. The number of esters is 1. The summed E-state index contributed by atoms with van der Waals surface area (Å²) in [5.41, 5.74) is 1.17. The van der Waals surface area contributed by atoms with Crippen molar-refractivity contribution in [3.8, 4) is 0 Å². The Hall–Kier alpha value is -2.17. The number of aryl methyl sites for hydroxylation is 1. The Balaban J connectivity index is 2.36. The molecule has 0 aliphatic rings. The minimum atomic E-state index is -1.82. The van der Waals surface area contributed by atoms with Gasteiger partial charge in [-0.15, -0.1) is 0 Å². The van der Waals surface area contributed by atoms with Crippen molar-refractivity contribution >= 4 is 5.97 Å². The lowest BCUT2D eigenvalue weighted by Gasteiger charge is -2.29. The molecule has 0 saturated carbocycles. The number of rotatable bonds is 8. The number of likely N-dealkylation sites (N-methyl/N-ethyl adjacent to an activating group) is 1. The highest BCUT2D eigenvalue weighted by Gasteiger charge is 2.42. The molecule has 0 aromatic heterocycles. The van der Waals surface area contributed by atoms with Crippen LogP contribution in [0.25, 0.3) is 0 Å². The van der Waals surface area contributed by atoms with Crippen molar-refractivity contribution in [1.82, 2.24) is 4.90 Å². The molecule has 0 bridgehead atoms. The van der Waals surface area contributed by atoms with Crippen LogP contribution >= 0.6 is 0 Å². The summed E-state index contributed by atoms with van der Waals surface area (Å²) < 4.78 is 5.51. The Morgan fingerprint density at radius 1 is 1.04 bits per heavy atom. The van der Waals surface area contributed by atoms with E-state index in [9.17, 15) is 9.90 Å². The predicted octanol–water partition coefficient (Wildman–Crippen LogP) is 3.42. The Kier molecular flexibility index (Phi) is 6.95. The number of benzene rings is 2. The van der Waals surface area contributed by atoms with Crippen LogP contribution in [0.2, 0.25) is 0 Å². The topological polar surface area (TPSA) is 49.8 Å². The summed E-state index contributed by atoms with van der Waals surface area (Å²) in [6.45, 7) is 10.7. The van der Waals surface area contributed by atoms with Crippen LogP contribution in [0.5, 0.6) is 0 Å². The van der Waals surface area contributed by atoms with Crippen LogP contribution in [0.1, 0.15) is 36.1 Å². The Morgan fingerprint density at radius 3 is 2.31 bits per heavy atom. The lowest BCUT2D eigenvalue weighted by Crippen LogP contribution is -2.40. The molecule has 1 N–H and O–H groups in total. The lowest BCUT2D eigenvalue weighted by atomic mass is 9.83. The van der Waals surface area contributed by atoms with Crippen LogP contribution in [0.4, 0.5) is 0 Å². The van der Waals surface area contributed by atoms with E-state index < -0.39 is 11.6 Å².